The normalized spacial score (nSPS) is 27.5. The SMILES string of the molecule is Cc1cccc(NC(=O)CCN2C(=O)[C@H]3[C@H](C2=O)C2(Cl)c4ccccc4C3(Cl)c3ccccc32)c1C. The van der Waals surface area contributed by atoms with Crippen LogP contribution in [0.15, 0.2) is 66.7 Å². The van der Waals surface area contributed by atoms with Gasteiger partial charge in [-0.3, -0.25) is 19.3 Å². The fourth-order valence-corrected chi connectivity index (χ4v) is 7.36. The van der Waals surface area contributed by atoms with Crippen molar-refractivity contribution in [2.24, 2.45) is 11.8 Å². The number of aryl methyl sites for hydroxylation is 1. The number of anilines is 1. The number of rotatable bonds is 4. The first kappa shape index (κ1) is 23.3. The average Bonchev–Trinajstić information content (AvgIpc) is 3.14. The minimum atomic E-state index is -1.21. The molecule has 182 valence electrons. The third-order valence-corrected chi connectivity index (χ3v) is 9.40. The molecule has 36 heavy (non-hydrogen) atoms. The second kappa shape index (κ2) is 7.92. The number of nitrogens with zero attached hydrogens (tertiary/aromatic N) is 1. The van der Waals surface area contributed by atoms with E-state index in [2.05, 4.69) is 5.32 Å². The number of carbonyl (C=O) groups is 3. The number of halogens is 2. The van der Waals surface area contributed by atoms with Crippen LogP contribution in [0.1, 0.15) is 39.8 Å². The molecule has 7 heteroatoms. The van der Waals surface area contributed by atoms with E-state index < -0.39 is 21.6 Å². The molecule has 2 atom stereocenters. The Hall–Kier alpha value is -3.15. The van der Waals surface area contributed by atoms with E-state index in [-0.39, 0.29) is 30.7 Å². The minimum Gasteiger partial charge on any atom is -0.326 e. The summed E-state index contributed by atoms with van der Waals surface area (Å²) in [6.45, 7) is 3.88. The summed E-state index contributed by atoms with van der Waals surface area (Å²) in [5, 5.41) is 2.90. The van der Waals surface area contributed by atoms with Crippen LogP contribution >= 0.6 is 23.2 Å². The molecule has 1 heterocycles. The monoisotopic (exact) mass is 518 g/mol. The summed E-state index contributed by atoms with van der Waals surface area (Å²) in [6, 6.07) is 20.7. The summed E-state index contributed by atoms with van der Waals surface area (Å²) in [6.07, 6.45) is -0.0191. The fourth-order valence-electron chi connectivity index (χ4n) is 6.26. The molecular weight excluding hydrogens is 495 g/mol. The fraction of sp³-hybridized carbons (Fsp3) is 0.276. The summed E-state index contributed by atoms with van der Waals surface area (Å²) < 4.78 is 0. The standard InChI is InChI=1S/C29H24Cl2N2O3/c1-16-8-7-13-22(17(16)2)32-23(34)14-15-33-26(35)24-25(27(33)36)29(31)19-10-4-3-9-18(19)28(24,30)20-11-5-6-12-21(20)29/h3-13,24-25H,14-15H2,1-2H3,(H,32,34)/t24-,25-,28?,29?/m1/s1. The smallest absolute Gasteiger partial charge is 0.235 e. The number of carbonyl (C=O) groups excluding carboxylic acids is 3. The van der Waals surface area contributed by atoms with Crippen molar-refractivity contribution in [3.05, 3.63) is 100 Å². The summed E-state index contributed by atoms with van der Waals surface area (Å²) >= 11 is 14.8. The Balaban J connectivity index is 1.34. The molecular formula is C29H24Cl2N2O3. The third-order valence-electron chi connectivity index (χ3n) is 8.12. The summed E-state index contributed by atoms with van der Waals surface area (Å²) in [5.41, 5.74) is 5.81. The number of likely N-dealkylation sites (tertiary alicyclic amines) is 1. The molecule has 1 N–H and O–H groups in total. The number of hydrogen-bond acceptors (Lipinski definition) is 3. The van der Waals surface area contributed by atoms with Crippen molar-refractivity contribution in [2.45, 2.75) is 30.0 Å². The van der Waals surface area contributed by atoms with Gasteiger partial charge >= 0.3 is 0 Å². The van der Waals surface area contributed by atoms with Crippen LogP contribution in [0.25, 0.3) is 0 Å². The maximum atomic E-state index is 13.8. The number of amides is 3. The van der Waals surface area contributed by atoms with Gasteiger partial charge in [-0.1, -0.05) is 60.7 Å². The number of imide groups is 1. The highest BCUT2D eigenvalue weighted by Gasteiger charge is 2.72. The Bertz CT molecular complexity index is 1340. The zero-order chi connectivity index (χ0) is 25.4. The van der Waals surface area contributed by atoms with Gasteiger partial charge in [-0.2, -0.15) is 0 Å². The Morgan fingerprint density at radius 3 is 1.75 bits per heavy atom. The Morgan fingerprint density at radius 1 is 0.806 bits per heavy atom. The summed E-state index contributed by atoms with van der Waals surface area (Å²) in [5.74, 6) is -2.73. The minimum absolute atomic E-state index is 0.0191. The largest absolute Gasteiger partial charge is 0.326 e. The van der Waals surface area contributed by atoms with Crippen LogP contribution in [0, 0.1) is 25.7 Å². The average molecular weight is 519 g/mol. The molecule has 3 aromatic carbocycles. The third kappa shape index (κ3) is 2.87. The molecule has 3 aromatic rings. The predicted molar refractivity (Wildman–Crippen MR) is 139 cm³/mol. The lowest BCUT2D eigenvalue weighted by Gasteiger charge is -2.54. The van der Waals surface area contributed by atoms with Crippen LogP contribution in [-0.2, 0) is 24.1 Å². The molecule has 0 radical (unpaired) electrons. The molecule has 5 nitrogen and oxygen atoms in total. The zero-order valence-electron chi connectivity index (χ0n) is 19.8. The molecule has 4 aliphatic rings. The quantitative estimate of drug-likeness (QED) is 0.380. The van der Waals surface area contributed by atoms with Crippen molar-refractivity contribution in [1.29, 1.82) is 0 Å². The van der Waals surface area contributed by atoms with E-state index in [9.17, 15) is 14.4 Å². The zero-order valence-corrected chi connectivity index (χ0v) is 21.4. The molecule has 0 saturated carbocycles. The van der Waals surface area contributed by atoms with Gasteiger partial charge in [0.05, 0.1) is 11.8 Å². The van der Waals surface area contributed by atoms with Gasteiger partial charge in [-0.05, 0) is 53.3 Å². The highest BCUT2D eigenvalue weighted by molar-refractivity contribution is 6.36. The molecule has 0 spiro atoms. The first-order valence-electron chi connectivity index (χ1n) is 12.0. The van der Waals surface area contributed by atoms with Crippen molar-refractivity contribution in [1.82, 2.24) is 4.90 Å². The van der Waals surface area contributed by atoms with E-state index in [0.29, 0.717) is 0 Å². The van der Waals surface area contributed by atoms with Gasteiger partial charge in [0.1, 0.15) is 9.75 Å². The lowest BCUT2D eigenvalue weighted by atomic mass is 9.54. The maximum absolute atomic E-state index is 13.8. The van der Waals surface area contributed by atoms with E-state index in [0.717, 1.165) is 39.1 Å². The van der Waals surface area contributed by atoms with E-state index in [1.165, 1.54) is 4.90 Å². The van der Waals surface area contributed by atoms with Gasteiger partial charge < -0.3 is 5.32 Å². The van der Waals surface area contributed by atoms with Crippen molar-refractivity contribution in [2.75, 3.05) is 11.9 Å². The number of hydrogen-bond donors (Lipinski definition) is 1. The molecule has 1 aliphatic heterocycles. The van der Waals surface area contributed by atoms with Crippen LogP contribution in [0.4, 0.5) is 5.69 Å². The van der Waals surface area contributed by atoms with Gasteiger partial charge in [-0.25, -0.2) is 0 Å². The summed E-state index contributed by atoms with van der Waals surface area (Å²) in [7, 11) is 0. The Kier molecular flexibility index (Phi) is 5.12. The second-order valence-electron chi connectivity index (χ2n) is 9.84. The highest BCUT2D eigenvalue weighted by atomic mass is 35.5. The number of nitrogens with one attached hydrogen (secondary N) is 1. The van der Waals surface area contributed by atoms with E-state index in [4.69, 9.17) is 23.2 Å². The van der Waals surface area contributed by atoms with Crippen molar-refractivity contribution >= 4 is 46.6 Å². The van der Waals surface area contributed by atoms with Gasteiger partial charge in [0.2, 0.25) is 17.7 Å². The lowest BCUT2D eigenvalue weighted by Crippen LogP contribution is -2.57. The van der Waals surface area contributed by atoms with Gasteiger partial charge in [-0.15, -0.1) is 23.2 Å². The Morgan fingerprint density at radius 2 is 1.28 bits per heavy atom. The first-order chi connectivity index (χ1) is 17.2. The van der Waals surface area contributed by atoms with Crippen LogP contribution in [-0.4, -0.2) is 29.2 Å². The van der Waals surface area contributed by atoms with E-state index in [1.807, 2.05) is 80.6 Å². The van der Waals surface area contributed by atoms with E-state index in [1.54, 1.807) is 0 Å². The molecule has 3 amide bonds. The molecule has 0 aromatic heterocycles. The number of benzene rings is 3. The van der Waals surface area contributed by atoms with Crippen LogP contribution in [0.5, 0.6) is 0 Å². The second-order valence-corrected chi connectivity index (χ2v) is 11.0. The van der Waals surface area contributed by atoms with Crippen molar-refractivity contribution in [3.63, 3.8) is 0 Å². The van der Waals surface area contributed by atoms with Gasteiger partial charge in [0, 0.05) is 18.7 Å². The van der Waals surface area contributed by atoms with Crippen LogP contribution < -0.4 is 5.32 Å². The van der Waals surface area contributed by atoms with Crippen molar-refractivity contribution in [3.8, 4) is 0 Å². The predicted octanol–water partition coefficient (Wildman–Crippen LogP) is 5.23. The molecule has 3 aliphatic carbocycles. The van der Waals surface area contributed by atoms with Gasteiger partial charge in [0.15, 0.2) is 0 Å². The maximum Gasteiger partial charge on any atom is 0.235 e. The first-order valence-corrected chi connectivity index (χ1v) is 12.8. The van der Waals surface area contributed by atoms with Crippen LogP contribution in [0.3, 0.4) is 0 Å². The molecule has 7 rings (SSSR count). The molecule has 2 bridgehead atoms. The molecule has 1 fully saturated rings. The topological polar surface area (TPSA) is 66.5 Å². The van der Waals surface area contributed by atoms with E-state index >= 15 is 0 Å². The van der Waals surface area contributed by atoms with Crippen LogP contribution in [0.2, 0.25) is 0 Å². The number of alkyl halides is 2. The molecule has 1 saturated heterocycles. The summed E-state index contributed by atoms with van der Waals surface area (Å²) in [4.78, 5) is 39.1. The molecule has 0 unspecified atom stereocenters. The highest BCUT2D eigenvalue weighted by Crippen LogP contribution is 2.69. The van der Waals surface area contributed by atoms with Crippen molar-refractivity contribution < 1.29 is 14.4 Å². The Labute approximate surface area is 219 Å². The van der Waals surface area contributed by atoms with Gasteiger partial charge in [0.25, 0.3) is 0 Å². The lowest BCUT2D eigenvalue weighted by molar-refractivity contribution is -0.140.